The second kappa shape index (κ2) is 6.07. The lowest BCUT2D eigenvalue weighted by molar-refractivity contribution is 0.372. The SMILES string of the molecule is Nc1ccccc1Cc1nc(C2CCCCCC2)no1. The minimum atomic E-state index is 0.475. The molecule has 1 heterocycles. The summed E-state index contributed by atoms with van der Waals surface area (Å²) in [5.74, 6) is 2.03. The Hall–Kier alpha value is -1.84. The van der Waals surface area contributed by atoms with E-state index in [1.165, 1.54) is 38.5 Å². The minimum absolute atomic E-state index is 0.475. The van der Waals surface area contributed by atoms with Crippen molar-refractivity contribution in [2.45, 2.75) is 50.9 Å². The molecule has 0 atom stereocenters. The molecule has 1 saturated carbocycles. The second-order valence-corrected chi connectivity index (χ2v) is 5.61. The fourth-order valence-electron chi connectivity index (χ4n) is 2.90. The zero-order chi connectivity index (χ0) is 13.8. The van der Waals surface area contributed by atoms with Gasteiger partial charge >= 0.3 is 0 Å². The first-order valence-electron chi connectivity index (χ1n) is 7.49. The van der Waals surface area contributed by atoms with Crippen LogP contribution in [0.5, 0.6) is 0 Å². The highest BCUT2D eigenvalue weighted by Gasteiger charge is 2.20. The smallest absolute Gasteiger partial charge is 0.231 e. The number of anilines is 1. The molecule has 2 N–H and O–H groups in total. The summed E-state index contributed by atoms with van der Waals surface area (Å²) in [4.78, 5) is 4.58. The normalized spacial score (nSPS) is 17.0. The third-order valence-electron chi connectivity index (χ3n) is 4.10. The number of nitrogen functional groups attached to an aromatic ring is 1. The Kier molecular flexibility index (Phi) is 4.00. The number of aromatic nitrogens is 2. The van der Waals surface area contributed by atoms with E-state index in [1.807, 2.05) is 24.3 Å². The Morgan fingerprint density at radius 3 is 2.60 bits per heavy atom. The number of nitrogens with zero attached hydrogens (tertiary/aromatic N) is 2. The zero-order valence-corrected chi connectivity index (χ0v) is 11.7. The van der Waals surface area contributed by atoms with Crippen molar-refractivity contribution in [3.05, 3.63) is 41.5 Å². The van der Waals surface area contributed by atoms with Gasteiger partial charge < -0.3 is 10.3 Å². The summed E-state index contributed by atoms with van der Waals surface area (Å²) in [6, 6.07) is 7.82. The predicted molar refractivity (Wildman–Crippen MR) is 78.4 cm³/mol. The van der Waals surface area contributed by atoms with Gasteiger partial charge in [0.25, 0.3) is 0 Å². The van der Waals surface area contributed by atoms with Crippen molar-refractivity contribution in [1.29, 1.82) is 0 Å². The average Bonchev–Trinajstić information content (AvgIpc) is 2.74. The van der Waals surface area contributed by atoms with E-state index in [9.17, 15) is 0 Å². The van der Waals surface area contributed by atoms with Crippen molar-refractivity contribution in [2.24, 2.45) is 0 Å². The van der Waals surface area contributed by atoms with Crippen molar-refractivity contribution in [1.82, 2.24) is 10.1 Å². The summed E-state index contributed by atoms with van der Waals surface area (Å²) < 4.78 is 5.40. The average molecular weight is 271 g/mol. The van der Waals surface area contributed by atoms with Crippen LogP contribution in [0.4, 0.5) is 5.69 Å². The number of hydrogen-bond acceptors (Lipinski definition) is 4. The van der Waals surface area contributed by atoms with Crippen LogP contribution >= 0.6 is 0 Å². The molecule has 2 aromatic rings. The first-order valence-corrected chi connectivity index (χ1v) is 7.49. The monoisotopic (exact) mass is 271 g/mol. The van der Waals surface area contributed by atoms with Crippen LogP contribution in [0.25, 0.3) is 0 Å². The molecule has 4 heteroatoms. The topological polar surface area (TPSA) is 64.9 Å². The Morgan fingerprint density at radius 1 is 1.10 bits per heavy atom. The molecular weight excluding hydrogens is 250 g/mol. The molecule has 0 spiro atoms. The van der Waals surface area contributed by atoms with Crippen LogP contribution in [0.3, 0.4) is 0 Å². The number of rotatable bonds is 3. The molecule has 1 aliphatic carbocycles. The van der Waals surface area contributed by atoms with Crippen LogP contribution in [0, 0.1) is 0 Å². The van der Waals surface area contributed by atoms with E-state index in [0.717, 1.165) is 17.1 Å². The van der Waals surface area contributed by atoms with Gasteiger partial charge in [0, 0.05) is 11.6 Å². The zero-order valence-electron chi connectivity index (χ0n) is 11.7. The third-order valence-corrected chi connectivity index (χ3v) is 4.10. The van der Waals surface area contributed by atoms with Gasteiger partial charge in [-0.05, 0) is 24.5 Å². The first kappa shape index (κ1) is 13.2. The Labute approximate surface area is 119 Å². The van der Waals surface area contributed by atoms with E-state index in [-0.39, 0.29) is 0 Å². The molecule has 0 aliphatic heterocycles. The van der Waals surface area contributed by atoms with E-state index in [4.69, 9.17) is 10.3 Å². The molecule has 1 aromatic carbocycles. The lowest BCUT2D eigenvalue weighted by Crippen LogP contribution is -2.00. The lowest BCUT2D eigenvalue weighted by atomic mass is 10.00. The quantitative estimate of drug-likeness (QED) is 0.683. The highest BCUT2D eigenvalue weighted by Crippen LogP contribution is 2.30. The summed E-state index contributed by atoms with van der Waals surface area (Å²) in [7, 11) is 0. The molecule has 20 heavy (non-hydrogen) atoms. The summed E-state index contributed by atoms with van der Waals surface area (Å²) >= 11 is 0. The van der Waals surface area contributed by atoms with Crippen molar-refractivity contribution in [3.8, 4) is 0 Å². The fourth-order valence-corrected chi connectivity index (χ4v) is 2.90. The molecule has 3 rings (SSSR count). The largest absolute Gasteiger partial charge is 0.398 e. The highest BCUT2D eigenvalue weighted by atomic mass is 16.5. The van der Waals surface area contributed by atoms with E-state index in [2.05, 4.69) is 10.1 Å². The standard InChI is InChI=1S/C16H21N3O/c17-14-10-6-5-9-13(14)11-15-18-16(19-20-15)12-7-3-1-2-4-8-12/h5-6,9-10,12H,1-4,7-8,11,17H2. The van der Waals surface area contributed by atoms with Crippen molar-refractivity contribution in [2.75, 3.05) is 5.73 Å². The van der Waals surface area contributed by atoms with E-state index < -0.39 is 0 Å². The van der Waals surface area contributed by atoms with Gasteiger partial charge in [0.05, 0.1) is 6.42 Å². The van der Waals surface area contributed by atoms with E-state index in [1.54, 1.807) is 0 Å². The summed E-state index contributed by atoms with van der Waals surface area (Å²) in [6.45, 7) is 0. The maximum Gasteiger partial charge on any atom is 0.231 e. The van der Waals surface area contributed by atoms with Crippen LogP contribution in [-0.2, 0) is 6.42 Å². The minimum Gasteiger partial charge on any atom is -0.398 e. The van der Waals surface area contributed by atoms with Crippen LogP contribution in [0.2, 0.25) is 0 Å². The van der Waals surface area contributed by atoms with Gasteiger partial charge in [0.1, 0.15) is 0 Å². The Morgan fingerprint density at radius 2 is 1.85 bits per heavy atom. The van der Waals surface area contributed by atoms with Crippen molar-refractivity contribution < 1.29 is 4.52 Å². The van der Waals surface area contributed by atoms with Gasteiger partial charge in [0.2, 0.25) is 5.89 Å². The second-order valence-electron chi connectivity index (χ2n) is 5.61. The number of benzene rings is 1. The van der Waals surface area contributed by atoms with Gasteiger partial charge in [-0.25, -0.2) is 0 Å². The molecule has 0 radical (unpaired) electrons. The van der Waals surface area contributed by atoms with Crippen LogP contribution in [-0.4, -0.2) is 10.1 Å². The summed E-state index contributed by atoms with van der Waals surface area (Å²) in [5, 5.41) is 4.18. The van der Waals surface area contributed by atoms with Gasteiger partial charge in [0.15, 0.2) is 5.82 Å². The molecule has 0 unspecified atom stereocenters. The molecule has 106 valence electrons. The number of nitrogens with two attached hydrogens (primary N) is 1. The fraction of sp³-hybridized carbons (Fsp3) is 0.500. The van der Waals surface area contributed by atoms with Gasteiger partial charge in [-0.15, -0.1) is 0 Å². The molecule has 0 amide bonds. The van der Waals surface area contributed by atoms with Crippen LogP contribution < -0.4 is 5.73 Å². The van der Waals surface area contributed by atoms with Crippen LogP contribution in [0.15, 0.2) is 28.8 Å². The number of para-hydroxylation sites is 1. The van der Waals surface area contributed by atoms with Crippen molar-refractivity contribution in [3.63, 3.8) is 0 Å². The molecule has 1 fully saturated rings. The van der Waals surface area contributed by atoms with Gasteiger partial charge in [-0.1, -0.05) is 49.0 Å². The molecule has 0 bridgehead atoms. The molecule has 0 saturated heterocycles. The summed E-state index contributed by atoms with van der Waals surface area (Å²) in [5.41, 5.74) is 7.77. The predicted octanol–water partition coefficient (Wildman–Crippen LogP) is 3.68. The maximum atomic E-state index is 5.95. The third kappa shape index (κ3) is 3.00. The van der Waals surface area contributed by atoms with Crippen LogP contribution in [0.1, 0.15) is 61.7 Å². The van der Waals surface area contributed by atoms with Gasteiger partial charge in [-0.2, -0.15) is 4.98 Å². The van der Waals surface area contributed by atoms with Crippen molar-refractivity contribution >= 4 is 5.69 Å². The number of hydrogen-bond donors (Lipinski definition) is 1. The summed E-state index contributed by atoms with van der Waals surface area (Å²) in [6.07, 6.45) is 8.22. The van der Waals surface area contributed by atoms with Gasteiger partial charge in [-0.3, -0.25) is 0 Å². The first-order chi connectivity index (χ1) is 9.83. The highest BCUT2D eigenvalue weighted by molar-refractivity contribution is 5.47. The van der Waals surface area contributed by atoms with E-state index >= 15 is 0 Å². The Balaban J connectivity index is 1.71. The Bertz CT molecular complexity index is 556. The van der Waals surface area contributed by atoms with E-state index in [0.29, 0.717) is 18.2 Å². The molecule has 1 aromatic heterocycles. The molecular formula is C16H21N3O. The maximum absolute atomic E-state index is 5.95. The lowest BCUT2D eigenvalue weighted by Gasteiger charge is -2.07. The molecule has 1 aliphatic rings. The molecule has 4 nitrogen and oxygen atoms in total.